The molecule has 1 fully saturated rings. The average molecular weight is 327 g/mol. The summed E-state index contributed by atoms with van der Waals surface area (Å²) >= 11 is 0. The first kappa shape index (κ1) is 17.9. The molecule has 2 heterocycles. The molecular formula is C12H18ClF3N4O. The molecule has 1 aliphatic heterocycles. The normalized spacial score (nSPS) is 26.0. The monoisotopic (exact) mass is 326 g/mol. The number of anilines is 1. The van der Waals surface area contributed by atoms with Crippen LogP contribution in [0.3, 0.4) is 0 Å². The van der Waals surface area contributed by atoms with Gasteiger partial charge in [0, 0.05) is 13.1 Å². The zero-order valence-electron chi connectivity index (χ0n) is 11.6. The fourth-order valence-electron chi connectivity index (χ4n) is 2.01. The number of rotatable bonds is 3. The average Bonchev–Trinajstić information content (AvgIpc) is 2.37. The van der Waals surface area contributed by atoms with Crippen molar-refractivity contribution in [3.8, 4) is 0 Å². The van der Waals surface area contributed by atoms with Gasteiger partial charge in [-0.3, -0.25) is 0 Å². The zero-order valence-corrected chi connectivity index (χ0v) is 12.5. The third kappa shape index (κ3) is 4.98. The predicted molar refractivity (Wildman–Crippen MR) is 74.6 cm³/mol. The number of halogens is 4. The lowest BCUT2D eigenvalue weighted by molar-refractivity contribution is -0.141. The van der Waals surface area contributed by atoms with E-state index in [1.807, 2.05) is 13.8 Å². The van der Waals surface area contributed by atoms with Crippen LogP contribution < -0.4 is 10.6 Å². The van der Waals surface area contributed by atoms with E-state index in [1.165, 1.54) is 0 Å². The van der Waals surface area contributed by atoms with Crippen LogP contribution in [0.5, 0.6) is 0 Å². The van der Waals surface area contributed by atoms with Crippen LogP contribution in [0.4, 0.5) is 19.0 Å². The predicted octanol–water partition coefficient (Wildman–Crippen LogP) is 2.09. The summed E-state index contributed by atoms with van der Waals surface area (Å²) in [6.07, 6.45) is -2.48. The molecule has 0 unspecified atom stereocenters. The van der Waals surface area contributed by atoms with E-state index >= 15 is 0 Å². The van der Waals surface area contributed by atoms with Crippen LogP contribution >= 0.6 is 12.4 Å². The number of nitrogens with zero attached hydrogens (tertiary/aromatic N) is 2. The molecule has 1 aromatic heterocycles. The summed E-state index contributed by atoms with van der Waals surface area (Å²) in [5, 5.41) is 6.26. The van der Waals surface area contributed by atoms with Crippen molar-refractivity contribution in [3.05, 3.63) is 18.1 Å². The summed E-state index contributed by atoms with van der Waals surface area (Å²) in [5.74, 6) is 0.311. The number of alkyl halides is 3. The molecule has 1 aromatic rings. The zero-order chi connectivity index (χ0) is 14.8. The van der Waals surface area contributed by atoms with Crippen molar-refractivity contribution >= 4 is 18.2 Å². The Labute approximate surface area is 127 Å². The van der Waals surface area contributed by atoms with Crippen molar-refractivity contribution in [1.29, 1.82) is 0 Å². The molecule has 9 heteroatoms. The molecule has 0 aromatic carbocycles. The highest BCUT2D eigenvalue weighted by atomic mass is 35.5. The van der Waals surface area contributed by atoms with Gasteiger partial charge in [-0.2, -0.15) is 13.2 Å². The van der Waals surface area contributed by atoms with Gasteiger partial charge in [-0.05, 0) is 13.8 Å². The lowest BCUT2D eigenvalue weighted by atomic mass is 10.1. The molecule has 3 atom stereocenters. The molecular weight excluding hydrogens is 309 g/mol. The molecule has 0 radical (unpaired) electrons. The molecule has 0 amide bonds. The van der Waals surface area contributed by atoms with E-state index in [2.05, 4.69) is 20.6 Å². The first-order chi connectivity index (χ1) is 9.36. The summed E-state index contributed by atoms with van der Waals surface area (Å²) in [6, 6.07) is 0.0790. The van der Waals surface area contributed by atoms with Crippen molar-refractivity contribution in [3.63, 3.8) is 0 Å². The van der Waals surface area contributed by atoms with Crippen LogP contribution in [0.2, 0.25) is 0 Å². The van der Waals surface area contributed by atoms with Crippen LogP contribution in [0.1, 0.15) is 19.5 Å². The van der Waals surface area contributed by atoms with E-state index in [4.69, 9.17) is 4.74 Å². The van der Waals surface area contributed by atoms with Gasteiger partial charge in [0.2, 0.25) is 0 Å². The maximum absolute atomic E-state index is 12.3. The van der Waals surface area contributed by atoms with Gasteiger partial charge in [0.05, 0.1) is 30.6 Å². The molecule has 2 N–H and O–H groups in total. The van der Waals surface area contributed by atoms with Crippen molar-refractivity contribution in [2.75, 3.05) is 18.4 Å². The standard InChI is InChI=1S/C12H17F3N4O.ClH/c1-7-3-16-9(8(2)20-7)4-18-11-6-17-10(5-19-11)12(13,14)15;/h5-9,16H,3-4H2,1-2H3,(H,18,19);1H/t7-,8+,9-;/m1./s1. The Balaban J connectivity index is 0.00000220. The van der Waals surface area contributed by atoms with Gasteiger partial charge in [-0.15, -0.1) is 12.4 Å². The van der Waals surface area contributed by atoms with Crippen LogP contribution in [0.15, 0.2) is 12.4 Å². The highest BCUT2D eigenvalue weighted by molar-refractivity contribution is 5.85. The minimum atomic E-state index is -4.46. The summed E-state index contributed by atoms with van der Waals surface area (Å²) in [6.45, 7) is 5.19. The second-order valence-electron chi connectivity index (χ2n) is 4.83. The highest BCUT2D eigenvalue weighted by Gasteiger charge is 2.32. The quantitative estimate of drug-likeness (QED) is 0.891. The number of morpholine rings is 1. The van der Waals surface area contributed by atoms with Crippen molar-refractivity contribution in [2.45, 2.75) is 38.3 Å². The highest BCUT2D eigenvalue weighted by Crippen LogP contribution is 2.26. The van der Waals surface area contributed by atoms with Crippen molar-refractivity contribution < 1.29 is 17.9 Å². The first-order valence-electron chi connectivity index (χ1n) is 6.38. The van der Waals surface area contributed by atoms with Gasteiger partial charge in [-0.1, -0.05) is 0 Å². The van der Waals surface area contributed by atoms with Crippen LogP contribution in [-0.4, -0.2) is 41.3 Å². The van der Waals surface area contributed by atoms with E-state index in [1.54, 1.807) is 0 Å². The van der Waals surface area contributed by atoms with Gasteiger partial charge >= 0.3 is 6.18 Å². The second kappa shape index (κ2) is 7.24. The Bertz CT molecular complexity index is 443. The molecule has 120 valence electrons. The lowest BCUT2D eigenvalue weighted by Gasteiger charge is -2.34. The Hall–Kier alpha value is -1.12. The molecule has 1 aliphatic rings. The van der Waals surface area contributed by atoms with Crippen LogP contribution in [0, 0.1) is 0 Å². The fraction of sp³-hybridized carbons (Fsp3) is 0.667. The van der Waals surface area contributed by atoms with Crippen molar-refractivity contribution in [2.24, 2.45) is 0 Å². The van der Waals surface area contributed by atoms with Crippen LogP contribution in [0.25, 0.3) is 0 Å². The van der Waals surface area contributed by atoms with E-state index < -0.39 is 11.9 Å². The number of hydrogen-bond acceptors (Lipinski definition) is 5. The first-order valence-corrected chi connectivity index (χ1v) is 6.38. The molecule has 0 bridgehead atoms. The van der Waals surface area contributed by atoms with E-state index in [0.29, 0.717) is 12.4 Å². The van der Waals surface area contributed by atoms with Crippen molar-refractivity contribution in [1.82, 2.24) is 15.3 Å². The Morgan fingerprint density at radius 1 is 1.33 bits per heavy atom. The Kier molecular flexibility index (Phi) is 6.18. The molecule has 5 nitrogen and oxygen atoms in total. The number of nitrogens with one attached hydrogen (secondary N) is 2. The minimum absolute atomic E-state index is 0. The summed E-state index contributed by atoms with van der Waals surface area (Å²) in [5.41, 5.74) is -0.996. The molecule has 0 spiro atoms. The number of hydrogen-bond donors (Lipinski definition) is 2. The molecule has 2 rings (SSSR count). The maximum Gasteiger partial charge on any atom is 0.434 e. The van der Waals surface area contributed by atoms with E-state index in [-0.39, 0.29) is 30.7 Å². The van der Waals surface area contributed by atoms with Gasteiger partial charge in [0.15, 0.2) is 5.69 Å². The maximum atomic E-state index is 12.3. The largest absolute Gasteiger partial charge is 0.434 e. The topological polar surface area (TPSA) is 59.1 Å². The number of ether oxygens (including phenoxy) is 1. The van der Waals surface area contributed by atoms with Gasteiger partial charge in [0.1, 0.15) is 5.82 Å². The summed E-state index contributed by atoms with van der Waals surface area (Å²) in [4.78, 5) is 7.05. The molecule has 1 saturated heterocycles. The van der Waals surface area contributed by atoms with Gasteiger partial charge in [-0.25, -0.2) is 9.97 Å². The Morgan fingerprint density at radius 2 is 2.05 bits per heavy atom. The van der Waals surface area contributed by atoms with Gasteiger partial charge < -0.3 is 15.4 Å². The summed E-state index contributed by atoms with van der Waals surface area (Å²) < 4.78 is 42.7. The van der Waals surface area contributed by atoms with Gasteiger partial charge in [0.25, 0.3) is 0 Å². The minimum Gasteiger partial charge on any atom is -0.373 e. The fourth-order valence-corrected chi connectivity index (χ4v) is 2.01. The molecule has 21 heavy (non-hydrogen) atoms. The Morgan fingerprint density at radius 3 is 2.57 bits per heavy atom. The van der Waals surface area contributed by atoms with E-state index in [9.17, 15) is 13.2 Å². The third-order valence-electron chi connectivity index (χ3n) is 3.13. The molecule has 0 aliphatic carbocycles. The number of aromatic nitrogens is 2. The lowest BCUT2D eigenvalue weighted by Crippen LogP contribution is -2.53. The third-order valence-corrected chi connectivity index (χ3v) is 3.13. The SMILES string of the molecule is C[C@@H]1CN[C@H](CNc2cnc(C(F)(F)F)cn2)[C@H](C)O1.Cl. The molecule has 0 saturated carbocycles. The van der Waals surface area contributed by atoms with Crippen LogP contribution in [-0.2, 0) is 10.9 Å². The second-order valence-corrected chi connectivity index (χ2v) is 4.83. The smallest absolute Gasteiger partial charge is 0.373 e. The van der Waals surface area contributed by atoms with E-state index in [0.717, 1.165) is 18.9 Å². The summed E-state index contributed by atoms with van der Waals surface area (Å²) in [7, 11) is 0.